The Hall–Kier alpha value is -2.15. The van der Waals surface area contributed by atoms with Gasteiger partial charge in [0, 0.05) is 11.3 Å². The minimum atomic E-state index is -0.326. The van der Waals surface area contributed by atoms with Gasteiger partial charge in [0.1, 0.15) is 0 Å². The number of hydrogen-bond acceptors (Lipinski definition) is 6. The number of rotatable bonds is 5. The number of tetrazole rings is 1. The molecule has 0 bridgehead atoms. The third-order valence-corrected chi connectivity index (χ3v) is 3.40. The van der Waals surface area contributed by atoms with E-state index in [4.69, 9.17) is 0 Å². The summed E-state index contributed by atoms with van der Waals surface area (Å²) < 4.78 is 6.29. The van der Waals surface area contributed by atoms with Crippen molar-refractivity contribution in [1.29, 1.82) is 0 Å². The van der Waals surface area contributed by atoms with Crippen molar-refractivity contribution < 1.29 is 9.53 Å². The van der Waals surface area contributed by atoms with Gasteiger partial charge >= 0.3 is 5.97 Å². The molecule has 20 heavy (non-hydrogen) atoms. The minimum Gasteiger partial charge on any atom is -0.466 e. The summed E-state index contributed by atoms with van der Waals surface area (Å²) >= 11 is 1.45. The van der Waals surface area contributed by atoms with Crippen LogP contribution in [0, 0.1) is 0 Å². The first-order valence-corrected chi connectivity index (χ1v) is 6.92. The molecule has 0 aliphatic heterocycles. The molecule has 104 valence electrons. The maximum atomic E-state index is 11.2. The maximum absolute atomic E-state index is 11.2. The fourth-order valence-electron chi connectivity index (χ4n) is 1.49. The molecule has 1 aromatic heterocycles. The van der Waals surface area contributed by atoms with Crippen molar-refractivity contribution in [2.24, 2.45) is 0 Å². The molecule has 1 heterocycles. The third-order valence-electron chi connectivity index (χ3n) is 2.55. The molecule has 2 rings (SSSR count). The largest absolute Gasteiger partial charge is 0.466 e. The fraction of sp³-hybridized carbons (Fsp3) is 0.231. The minimum absolute atomic E-state index is 0.326. The number of carbonyl (C=O) groups is 1. The lowest BCUT2D eigenvalue weighted by atomic mass is 10.3. The summed E-state index contributed by atoms with van der Waals surface area (Å²) in [5.41, 5.74) is 1.47. The van der Waals surface area contributed by atoms with Crippen LogP contribution >= 0.6 is 11.8 Å². The fourth-order valence-corrected chi connectivity index (χ4v) is 2.33. The zero-order chi connectivity index (χ0) is 14.4. The van der Waals surface area contributed by atoms with E-state index >= 15 is 0 Å². The van der Waals surface area contributed by atoms with Gasteiger partial charge in [-0.2, -0.15) is 4.68 Å². The van der Waals surface area contributed by atoms with E-state index in [1.807, 2.05) is 30.3 Å². The van der Waals surface area contributed by atoms with Gasteiger partial charge in [0.25, 0.3) is 0 Å². The van der Waals surface area contributed by atoms with Crippen LogP contribution in [0.4, 0.5) is 0 Å². The van der Waals surface area contributed by atoms with E-state index in [1.165, 1.54) is 18.9 Å². The molecule has 0 amide bonds. The highest BCUT2D eigenvalue weighted by molar-refractivity contribution is 7.99. The Morgan fingerprint density at radius 3 is 2.85 bits per heavy atom. The lowest BCUT2D eigenvalue weighted by Gasteiger charge is -2.02. The number of hydrogen-bond donors (Lipinski definition) is 0. The van der Waals surface area contributed by atoms with E-state index in [9.17, 15) is 4.79 Å². The number of nitrogens with zero attached hydrogens (tertiary/aromatic N) is 4. The third kappa shape index (κ3) is 3.45. The Bertz CT molecular complexity index is 610. The summed E-state index contributed by atoms with van der Waals surface area (Å²) in [6.45, 7) is 1.71. The molecule has 0 aliphatic rings. The first-order valence-electron chi connectivity index (χ1n) is 5.94. The second-order valence-electron chi connectivity index (χ2n) is 3.90. The van der Waals surface area contributed by atoms with Gasteiger partial charge in [0.05, 0.1) is 12.8 Å². The number of benzene rings is 1. The molecule has 0 radical (unpaired) electrons. The van der Waals surface area contributed by atoms with Crippen molar-refractivity contribution in [1.82, 2.24) is 20.2 Å². The summed E-state index contributed by atoms with van der Waals surface area (Å²) in [6.07, 6.45) is 1.79. The Labute approximate surface area is 120 Å². The summed E-state index contributed by atoms with van der Waals surface area (Å²) in [6, 6.07) is 9.63. The molecular weight excluding hydrogens is 276 g/mol. The lowest BCUT2D eigenvalue weighted by Crippen LogP contribution is -2.02. The number of carbonyl (C=O) groups excluding carboxylic acids is 1. The van der Waals surface area contributed by atoms with E-state index in [-0.39, 0.29) is 5.97 Å². The molecule has 0 spiro atoms. The highest BCUT2D eigenvalue weighted by Gasteiger charge is 2.08. The molecule has 0 aliphatic carbocycles. The van der Waals surface area contributed by atoms with E-state index < -0.39 is 0 Å². The highest BCUT2D eigenvalue weighted by atomic mass is 32.2. The van der Waals surface area contributed by atoms with Crippen LogP contribution in [0.15, 0.2) is 47.1 Å². The Kier molecular flexibility index (Phi) is 4.89. The molecule has 0 saturated carbocycles. The Morgan fingerprint density at radius 1 is 1.40 bits per heavy atom. The van der Waals surface area contributed by atoms with Gasteiger partial charge in [-0.25, -0.2) is 4.79 Å². The Balaban J connectivity index is 2.05. The predicted molar refractivity (Wildman–Crippen MR) is 75.7 cm³/mol. The molecular formula is C13H14N4O2S. The van der Waals surface area contributed by atoms with E-state index in [0.717, 1.165) is 5.69 Å². The van der Waals surface area contributed by atoms with Gasteiger partial charge in [0.15, 0.2) is 0 Å². The second-order valence-corrected chi connectivity index (χ2v) is 4.89. The molecule has 0 fully saturated rings. The molecule has 2 aromatic rings. The molecule has 1 aromatic carbocycles. The van der Waals surface area contributed by atoms with Gasteiger partial charge < -0.3 is 4.74 Å². The van der Waals surface area contributed by atoms with Crippen LogP contribution in [-0.4, -0.2) is 39.0 Å². The quantitative estimate of drug-likeness (QED) is 0.475. The van der Waals surface area contributed by atoms with Crippen molar-refractivity contribution in [3.63, 3.8) is 0 Å². The van der Waals surface area contributed by atoms with E-state index in [1.54, 1.807) is 17.7 Å². The van der Waals surface area contributed by atoms with Crippen LogP contribution in [0.2, 0.25) is 0 Å². The molecule has 0 N–H and O–H groups in total. The van der Waals surface area contributed by atoms with Gasteiger partial charge in [-0.05, 0) is 29.5 Å². The number of thioether (sulfide) groups is 1. The van der Waals surface area contributed by atoms with Gasteiger partial charge in [-0.3, -0.25) is 0 Å². The van der Waals surface area contributed by atoms with Crippen LogP contribution in [-0.2, 0) is 9.53 Å². The zero-order valence-corrected chi connectivity index (χ0v) is 12.0. The van der Waals surface area contributed by atoms with Crippen LogP contribution in [0.1, 0.15) is 6.92 Å². The Morgan fingerprint density at radius 2 is 2.15 bits per heavy atom. The van der Waals surface area contributed by atoms with Crippen molar-refractivity contribution in [2.75, 3.05) is 12.9 Å². The molecule has 6 nitrogen and oxygen atoms in total. The molecule has 0 saturated heterocycles. The number of methoxy groups -OCH3 is 1. The molecule has 7 heteroatoms. The topological polar surface area (TPSA) is 69.9 Å². The molecule has 0 unspecified atom stereocenters. The number of esters is 1. The van der Waals surface area contributed by atoms with E-state index in [2.05, 4.69) is 20.3 Å². The van der Waals surface area contributed by atoms with Crippen LogP contribution in [0.3, 0.4) is 0 Å². The highest BCUT2D eigenvalue weighted by Crippen LogP contribution is 2.18. The number of ether oxygens (including phenoxy) is 1. The first kappa shape index (κ1) is 14.3. The van der Waals surface area contributed by atoms with Gasteiger partial charge in [-0.15, -0.1) is 5.10 Å². The molecule has 0 atom stereocenters. The van der Waals surface area contributed by atoms with Crippen molar-refractivity contribution in [2.45, 2.75) is 12.1 Å². The number of aromatic nitrogens is 4. The lowest BCUT2D eigenvalue weighted by molar-refractivity contribution is -0.136. The zero-order valence-electron chi connectivity index (χ0n) is 11.2. The predicted octanol–water partition coefficient (Wildman–Crippen LogP) is 1.87. The standard InChI is InChI=1S/C13H14N4O2S/c1-10(12(18)19-2)8-9-20-13-14-15-16-17(13)11-6-4-3-5-7-11/h3-8H,9H2,1-2H3. The number of para-hydroxylation sites is 1. The summed E-state index contributed by atoms with van der Waals surface area (Å²) in [5.74, 6) is 0.266. The van der Waals surface area contributed by atoms with Crippen molar-refractivity contribution in [3.05, 3.63) is 42.0 Å². The summed E-state index contributed by atoms with van der Waals surface area (Å²) in [5, 5.41) is 12.3. The smallest absolute Gasteiger partial charge is 0.333 e. The van der Waals surface area contributed by atoms with Crippen LogP contribution < -0.4 is 0 Å². The van der Waals surface area contributed by atoms with Gasteiger partial charge in [-0.1, -0.05) is 36.0 Å². The first-order chi connectivity index (χ1) is 9.72. The van der Waals surface area contributed by atoms with Crippen LogP contribution in [0.5, 0.6) is 0 Å². The van der Waals surface area contributed by atoms with E-state index in [0.29, 0.717) is 16.5 Å². The van der Waals surface area contributed by atoms with Crippen molar-refractivity contribution >= 4 is 17.7 Å². The SMILES string of the molecule is COC(=O)C(C)=CCSc1nnnn1-c1ccccc1. The van der Waals surface area contributed by atoms with Gasteiger partial charge in [0.2, 0.25) is 5.16 Å². The van der Waals surface area contributed by atoms with Crippen LogP contribution in [0.25, 0.3) is 5.69 Å². The second kappa shape index (κ2) is 6.85. The summed E-state index contributed by atoms with van der Waals surface area (Å²) in [7, 11) is 1.36. The maximum Gasteiger partial charge on any atom is 0.333 e. The monoisotopic (exact) mass is 290 g/mol. The average molecular weight is 290 g/mol. The average Bonchev–Trinajstić information content (AvgIpc) is 2.95. The van der Waals surface area contributed by atoms with Crippen molar-refractivity contribution in [3.8, 4) is 5.69 Å². The summed E-state index contributed by atoms with van der Waals surface area (Å²) in [4.78, 5) is 11.2. The normalized spacial score (nSPS) is 11.4.